The van der Waals surface area contributed by atoms with Crippen molar-refractivity contribution in [2.24, 2.45) is 0 Å². The summed E-state index contributed by atoms with van der Waals surface area (Å²) in [5.41, 5.74) is 3.09. The zero-order valence-electron chi connectivity index (χ0n) is 13.8. The van der Waals surface area contributed by atoms with E-state index in [0.29, 0.717) is 12.3 Å². The number of carbonyl (C=O) groups excluding carboxylic acids is 1. The fourth-order valence-electron chi connectivity index (χ4n) is 3.27. The third kappa shape index (κ3) is 2.83. The minimum atomic E-state index is -0.338. The van der Waals surface area contributed by atoms with E-state index in [2.05, 4.69) is 16.7 Å². The number of aromatic hydroxyl groups is 1. The number of fused-ring (bicyclic) bond motifs is 3. The van der Waals surface area contributed by atoms with Crippen LogP contribution in [0.1, 0.15) is 12.5 Å². The van der Waals surface area contributed by atoms with Crippen molar-refractivity contribution in [3.05, 3.63) is 72.3 Å². The average Bonchev–Trinajstić information content (AvgIpc) is 2.88. The summed E-state index contributed by atoms with van der Waals surface area (Å²) < 4.78 is 7.42. The van der Waals surface area contributed by atoms with E-state index in [0.717, 1.165) is 27.4 Å². The van der Waals surface area contributed by atoms with Gasteiger partial charge < -0.3 is 14.4 Å². The van der Waals surface area contributed by atoms with Crippen LogP contribution in [0.4, 0.5) is 0 Å². The molecule has 1 N–H and O–H groups in total. The molecule has 0 aliphatic rings. The maximum absolute atomic E-state index is 11.3. The first-order valence-corrected chi connectivity index (χ1v) is 8.09. The van der Waals surface area contributed by atoms with Gasteiger partial charge in [0.15, 0.2) is 0 Å². The summed E-state index contributed by atoms with van der Waals surface area (Å²) in [6.07, 6.45) is 0. The van der Waals surface area contributed by atoms with Gasteiger partial charge >= 0.3 is 5.97 Å². The summed E-state index contributed by atoms with van der Waals surface area (Å²) in [6, 6.07) is 21.1. The summed E-state index contributed by atoms with van der Waals surface area (Å²) in [5, 5.41) is 12.0. The van der Waals surface area contributed by atoms with Gasteiger partial charge in [0.2, 0.25) is 0 Å². The molecule has 124 valence electrons. The molecule has 4 aromatic rings. The van der Waals surface area contributed by atoms with E-state index in [1.807, 2.05) is 42.5 Å². The molecule has 0 radical (unpaired) electrons. The first kappa shape index (κ1) is 15.3. The molecular formula is C21H17NO3. The van der Waals surface area contributed by atoms with E-state index in [1.54, 1.807) is 12.1 Å². The molecule has 0 unspecified atom stereocenters. The number of hydrogen-bond acceptors (Lipinski definition) is 3. The second-order valence-corrected chi connectivity index (χ2v) is 6.05. The van der Waals surface area contributed by atoms with Crippen molar-refractivity contribution in [1.82, 2.24) is 4.57 Å². The highest BCUT2D eigenvalue weighted by Crippen LogP contribution is 2.32. The van der Waals surface area contributed by atoms with Crippen molar-refractivity contribution in [2.45, 2.75) is 13.5 Å². The molecule has 0 atom stereocenters. The van der Waals surface area contributed by atoms with Crippen molar-refractivity contribution in [3.8, 4) is 11.5 Å². The van der Waals surface area contributed by atoms with Crippen LogP contribution in [0.15, 0.2) is 66.7 Å². The number of benzene rings is 3. The summed E-state index contributed by atoms with van der Waals surface area (Å²) in [5.74, 6) is 0.439. The van der Waals surface area contributed by atoms with Crippen LogP contribution < -0.4 is 4.74 Å². The van der Waals surface area contributed by atoms with Crippen LogP contribution in [-0.4, -0.2) is 15.6 Å². The van der Waals surface area contributed by atoms with E-state index in [-0.39, 0.29) is 11.7 Å². The standard InChI is InChI=1S/C21H17NO3/c1-14(23)25-17-9-10-19-18-7-2-3-8-20(18)22(21(19)12-17)13-15-5-4-6-16(24)11-15/h2-12,24H,13H2,1H3. The number of hydrogen-bond donors (Lipinski definition) is 1. The number of ether oxygens (including phenoxy) is 1. The van der Waals surface area contributed by atoms with E-state index in [1.165, 1.54) is 6.92 Å². The second kappa shape index (κ2) is 5.98. The van der Waals surface area contributed by atoms with Crippen LogP contribution in [0, 0.1) is 0 Å². The lowest BCUT2D eigenvalue weighted by atomic mass is 10.1. The Hall–Kier alpha value is -3.27. The van der Waals surface area contributed by atoms with E-state index in [9.17, 15) is 9.90 Å². The van der Waals surface area contributed by atoms with Gasteiger partial charge in [0.25, 0.3) is 0 Å². The van der Waals surface area contributed by atoms with Gasteiger partial charge in [-0.2, -0.15) is 0 Å². The second-order valence-electron chi connectivity index (χ2n) is 6.05. The van der Waals surface area contributed by atoms with Gasteiger partial charge in [-0.25, -0.2) is 0 Å². The summed E-state index contributed by atoms with van der Waals surface area (Å²) in [7, 11) is 0. The maximum Gasteiger partial charge on any atom is 0.308 e. The van der Waals surface area contributed by atoms with Crippen molar-refractivity contribution >= 4 is 27.8 Å². The molecular weight excluding hydrogens is 314 g/mol. The molecule has 0 bridgehead atoms. The normalized spacial score (nSPS) is 11.1. The molecule has 4 rings (SSSR count). The molecule has 0 aliphatic heterocycles. The Morgan fingerprint density at radius 3 is 2.56 bits per heavy atom. The summed E-state index contributed by atoms with van der Waals surface area (Å²) in [6.45, 7) is 2.01. The van der Waals surface area contributed by atoms with E-state index >= 15 is 0 Å². The Kier molecular flexibility index (Phi) is 3.65. The van der Waals surface area contributed by atoms with Crippen LogP contribution in [0.3, 0.4) is 0 Å². The lowest BCUT2D eigenvalue weighted by molar-refractivity contribution is -0.131. The summed E-state index contributed by atoms with van der Waals surface area (Å²) in [4.78, 5) is 11.3. The molecule has 0 amide bonds. The first-order valence-electron chi connectivity index (χ1n) is 8.09. The SMILES string of the molecule is CC(=O)Oc1ccc2c3ccccc3n(Cc3cccc(O)c3)c2c1. The Balaban J connectivity index is 1.93. The maximum atomic E-state index is 11.3. The molecule has 0 fully saturated rings. The van der Waals surface area contributed by atoms with Crippen LogP contribution in [-0.2, 0) is 11.3 Å². The molecule has 1 heterocycles. The third-order valence-corrected chi connectivity index (χ3v) is 4.26. The van der Waals surface area contributed by atoms with Crippen LogP contribution in [0.2, 0.25) is 0 Å². The molecule has 0 spiro atoms. The minimum absolute atomic E-state index is 0.249. The van der Waals surface area contributed by atoms with Gasteiger partial charge in [0, 0.05) is 35.8 Å². The fraction of sp³-hybridized carbons (Fsp3) is 0.0952. The van der Waals surface area contributed by atoms with Gasteiger partial charge in [-0.05, 0) is 35.9 Å². The number of aromatic nitrogens is 1. The number of rotatable bonds is 3. The predicted octanol–water partition coefficient (Wildman–Crippen LogP) is 4.47. The van der Waals surface area contributed by atoms with Crippen molar-refractivity contribution in [1.29, 1.82) is 0 Å². The van der Waals surface area contributed by atoms with E-state index < -0.39 is 0 Å². The van der Waals surface area contributed by atoms with Gasteiger partial charge in [-0.15, -0.1) is 0 Å². The van der Waals surface area contributed by atoms with Crippen LogP contribution in [0.5, 0.6) is 11.5 Å². The van der Waals surface area contributed by atoms with Gasteiger partial charge in [0.1, 0.15) is 11.5 Å². The largest absolute Gasteiger partial charge is 0.508 e. The lowest BCUT2D eigenvalue weighted by Crippen LogP contribution is -2.02. The molecule has 0 saturated carbocycles. The number of esters is 1. The minimum Gasteiger partial charge on any atom is -0.508 e. The highest BCUT2D eigenvalue weighted by atomic mass is 16.5. The highest BCUT2D eigenvalue weighted by molar-refractivity contribution is 6.08. The lowest BCUT2D eigenvalue weighted by Gasteiger charge is -2.09. The van der Waals surface area contributed by atoms with E-state index in [4.69, 9.17) is 4.74 Å². The third-order valence-electron chi connectivity index (χ3n) is 4.26. The Bertz CT molecular complexity index is 1090. The molecule has 25 heavy (non-hydrogen) atoms. The Morgan fingerprint density at radius 2 is 1.76 bits per heavy atom. The van der Waals surface area contributed by atoms with Gasteiger partial charge in [-0.3, -0.25) is 4.79 Å². The molecule has 4 nitrogen and oxygen atoms in total. The topological polar surface area (TPSA) is 51.5 Å². The van der Waals surface area contributed by atoms with Crippen LogP contribution in [0.25, 0.3) is 21.8 Å². The smallest absolute Gasteiger partial charge is 0.308 e. The molecule has 4 heteroatoms. The zero-order valence-corrected chi connectivity index (χ0v) is 13.8. The predicted molar refractivity (Wildman–Crippen MR) is 98.0 cm³/mol. The number of para-hydroxylation sites is 1. The number of carbonyl (C=O) groups is 1. The molecule has 1 aromatic heterocycles. The number of nitrogens with zero attached hydrogens (tertiary/aromatic N) is 1. The summed E-state index contributed by atoms with van der Waals surface area (Å²) >= 11 is 0. The Morgan fingerprint density at radius 1 is 0.960 bits per heavy atom. The van der Waals surface area contributed by atoms with Crippen molar-refractivity contribution in [2.75, 3.05) is 0 Å². The highest BCUT2D eigenvalue weighted by Gasteiger charge is 2.12. The molecule has 3 aromatic carbocycles. The number of phenolic OH excluding ortho intramolecular Hbond substituents is 1. The fourth-order valence-corrected chi connectivity index (χ4v) is 3.27. The van der Waals surface area contributed by atoms with Gasteiger partial charge in [0.05, 0.1) is 5.52 Å². The quantitative estimate of drug-likeness (QED) is 0.445. The Labute approximate surface area is 144 Å². The number of phenols is 1. The van der Waals surface area contributed by atoms with Crippen molar-refractivity contribution < 1.29 is 14.6 Å². The zero-order chi connectivity index (χ0) is 17.4. The van der Waals surface area contributed by atoms with Crippen LogP contribution >= 0.6 is 0 Å². The monoisotopic (exact) mass is 331 g/mol. The average molecular weight is 331 g/mol. The van der Waals surface area contributed by atoms with Crippen molar-refractivity contribution in [3.63, 3.8) is 0 Å². The molecule has 0 aliphatic carbocycles. The molecule has 0 saturated heterocycles. The van der Waals surface area contributed by atoms with Gasteiger partial charge in [-0.1, -0.05) is 30.3 Å². The first-order chi connectivity index (χ1) is 12.1.